The Balaban J connectivity index is 2.68. The maximum Gasteiger partial charge on any atom is 0.303 e. The zero-order chi connectivity index (χ0) is 13.7. The van der Waals surface area contributed by atoms with E-state index in [2.05, 4.69) is 0 Å². The van der Waals surface area contributed by atoms with Gasteiger partial charge in [-0.3, -0.25) is 9.69 Å². The maximum absolute atomic E-state index is 10.4. The summed E-state index contributed by atoms with van der Waals surface area (Å²) in [5, 5.41) is 28.1. The monoisotopic (exact) mass is 253 g/mol. The van der Waals surface area contributed by atoms with Crippen LogP contribution in [0.25, 0.3) is 0 Å². The number of nitrogens with zero attached hydrogens (tertiary/aromatic N) is 1. The second-order valence-electron chi connectivity index (χ2n) is 4.36. The number of carboxylic acids is 1. The molecule has 0 bridgehead atoms. The molecule has 0 fully saturated rings. The summed E-state index contributed by atoms with van der Waals surface area (Å²) in [5.41, 5.74) is 0.468. The highest BCUT2D eigenvalue weighted by Crippen LogP contribution is 2.34. The van der Waals surface area contributed by atoms with E-state index >= 15 is 0 Å². The van der Waals surface area contributed by atoms with E-state index in [4.69, 9.17) is 5.11 Å². The molecule has 0 aliphatic carbocycles. The van der Waals surface area contributed by atoms with Gasteiger partial charge in [0.05, 0.1) is 5.56 Å². The molecule has 0 saturated carbocycles. The van der Waals surface area contributed by atoms with Crippen LogP contribution in [0.1, 0.15) is 31.4 Å². The van der Waals surface area contributed by atoms with Gasteiger partial charge in [-0.2, -0.15) is 0 Å². The van der Waals surface area contributed by atoms with Crippen LogP contribution in [0.5, 0.6) is 11.5 Å². The van der Waals surface area contributed by atoms with Gasteiger partial charge in [0.25, 0.3) is 0 Å². The predicted molar refractivity (Wildman–Crippen MR) is 67.7 cm³/mol. The van der Waals surface area contributed by atoms with Crippen molar-refractivity contribution in [2.45, 2.75) is 25.8 Å². The average Bonchev–Trinajstić information content (AvgIpc) is 2.27. The first kappa shape index (κ1) is 14.3. The van der Waals surface area contributed by atoms with Crippen LogP contribution < -0.4 is 0 Å². The van der Waals surface area contributed by atoms with Crippen LogP contribution in [-0.2, 0) is 4.79 Å². The van der Waals surface area contributed by atoms with Crippen LogP contribution in [0, 0.1) is 0 Å². The molecule has 1 rings (SSSR count). The van der Waals surface area contributed by atoms with E-state index in [1.807, 2.05) is 18.9 Å². The van der Waals surface area contributed by atoms with Gasteiger partial charge in [-0.15, -0.1) is 0 Å². The Labute approximate surface area is 106 Å². The van der Waals surface area contributed by atoms with E-state index < -0.39 is 5.97 Å². The lowest BCUT2D eigenvalue weighted by Gasteiger charge is -2.26. The van der Waals surface area contributed by atoms with Gasteiger partial charge in [-0.25, -0.2) is 0 Å². The van der Waals surface area contributed by atoms with E-state index in [1.54, 1.807) is 6.07 Å². The fourth-order valence-corrected chi connectivity index (χ4v) is 1.86. The van der Waals surface area contributed by atoms with Gasteiger partial charge in [-0.05, 0) is 39.1 Å². The van der Waals surface area contributed by atoms with Gasteiger partial charge in [-0.1, -0.05) is 6.07 Å². The number of phenols is 2. The van der Waals surface area contributed by atoms with E-state index in [-0.39, 0.29) is 24.0 Å². The van der Waals surface area contributed by atoms with Crippen LogP contribution in [0.4, 0.5) is 0 Å². The quantitative estimate of drug-likeness (QED) is 0.722. The largest absolute Gasteiger partial charge is 0.507 e. The van der Waals surface area contributed by atoms with Gasteiger partial charge in [0, 0.05) is 12.5 Å². The summed E-state index contributed by atoms with van der Waals surface area (Å²) in [7, 11) is 1.83. The van der Waals surface area contributed by atoms with Crippen molar-refractivity contribution in [2.24, 2.45) is 0 Å². The van der Waals surface area contributed by atoms with Crippen LogP contribution in [0.3, 0.4) is 0 Å². The Morgan fingerprint density at radius 3 is 2.39 bits per heavy atom. The summed E-state index contributed by atoms with van der Waals surface area (Å²) in [6.07, 6.45) is 0.647. The third kappa shape index (κ3) is 3.63. The molecule has 0 aliphatic rings. The molecule has 100 valence electrons. The zero-order valence-electron chi connectivity index (χ0n) is 10.6. The number of hydrogen-bond acceptors (Lipinski definition) is 4. The maximum atomic E-state index is 10.4. The molecule has 0 heterocycles. The minimum absolute atomic E-state index is 0.0487. The molecule has 1 aromatic carbocycles. The van der Waals surface area contributed by atoms with Crippen molar-refractivity contribution in [2.75, 3.05) is 13.6 Å². The minimum Gasteiger partial charge on any atom is -0.507 e. The topological polar surface area (TPSA) is 81.0 Å². The van der Waals surface area contributed by atoms with Crippen LogP contribution in [0.15, 0.2) is 18.2 Å². The van der Waals surface area contributed by atoms with E-state index in [1.165, 1.54) is 12.1 Å². The average molecular weight is 253 g/mol. The Bertz CT molecular complexity index is 399. The number of hydrogen-bond donors (Lipinski definition) is 3. The smallest absolute Gasteiger partial charge is 0.303 e. The second kappa shape index (κ2) is 6.26. The van der Waals surface area contributed by atoms with Crippen LogP contribution in [0.2, 0.25) is 0 Å². The third-order valence-electron chi connectivity index (χ3n) is 3.04. The van der Waals surface area contributed by atoms with Crippen molar-refractivity contribution in [3.05, 3.63) is 23.8 Å². The number of rotatable bonds is 6. The van der Waals surface area contributed by atoms with Gasteiger partial charge in [0.1, 0.15) is 11.5 Å². The first-order valence-corrected chi connectivity index (χ1v) is 5.86. The predicted octanol–water partition coefficient (Wildman–Crippen LogP) is 1.96. The first-order chi connectivity index (χ1) is 8.43. The molecule has 5 nitrogen and oxygen atoms in total. The van der Waals surface area contributed by atoms with Crippen molar-refractivity contribution in [3.63, 3.8) is 0 Å². The molecule has 3 N–H and O–H groups in total. The fraction of sp³-hybridized carbons (Fsp3) is 0.462. The summed E-state index contributed by atoms with van der Waals surface area (Å²) in [4.78, 5) is 12.3. The molecular weight excluding hydrogens is 234 g/mol. The number of phenolic OH excluding ortho intramolecular Hbond substituents is 2. The summed E-state index contributed by atoms with van der Waals surface area (Å²) in [6, 6.07) is 4.44. The lowest BCUT2D eigenvalue weighted by molar-refractivity contribution is -0.137. The molecule has 0 amide bonds. The number of aliphatic carboxylic acids is 1. The van der Waals surface area contributed by atoms with Gasteiger partial charge in [0.2, 0.25) is 0 Å². The number of benzene rings is 1. The Hall–Kier alpha value is -1.75. The zero-order valence-corrected chi connectivity index (χ0v) is 10.6. The van der Waals surface area contributed by atoms with Gasteiger partial charge in [0.15, 0.2) is 0 Å². The summed E-state index contributed by atoms with van der Waals surface area (Å²) in [5.74, 6) is -0.721. The van der Waals surface area contributed by atoms with Gasteiger partial charge < -0.3 is 15.3 Å². The molecule has 0 radical (unpaired) electrons. The number of aromatic hydroxyl groups is 2. The SMILES string of the molecule is CC(c1c(O)cccc1O)N(C)CCCC(=O)O. The van der Waals surface area contributed by atoms with Crippen molar-refractivity contribution < 1.29 is 20.1 Å². The third-order valence-corrected chi connectivity index (χ3v) is 3.04. The summed E-state index contributed by atoms with van der Waals surface area (Å²) in [6.45, 7) is 2.44. The first-order valence-electron chi connectivity index (χ1n) is 5.86. The molecule has 0 saturated heterocycles. The molecule has 0 aromatic heterocycles. The molecule has 1 atom stereocenters. The highest BCUT2D eigenvalue weighted by Gasteiger charge is 2.18. The lowest BCUT2D eigenvalue weighted by atomic mass is 10.0. The normalized spacial score (nSPS) is 12.6. The van der Waals surface area contributed by atoms with Crippen LogP contribution >= 0.6 is 0 Å². The van der Waals surface area contributed by atoms with E-state index in [9.17, 15) is 15.0 Å². The Kier molecular flexibility index (Phi) is 4.97. The molecular formula is C13H19NO4. The van der Waals surface area contributed by atoms with Crippen molar-refractivity contribution in [1.29, 1.82) is 0 Å². The number of carbonyl (C=O) groups is 1. The molecule has 1 unspecified atom stereocenters. The standard InChI is InChI=1S/C13H19NO4/c1-9(14(2)8-4-7-12(17)18)13-10(15)5-3-6-11(13)16/h3,5-6,9,15-16H,4,7-8H2,1-2H3,(H,17,18). The molecule has 0 aliphatic heterocycles. The Morgan fingerprint density at radius 2 is 1.89 bits per heavy atom. The van der Waals surface area contributed by atoms with Crippen molar-refractivity contribution in [1.82, 2.24) is 4.90 Å². The van der Waals surface area contributed by atoms with Gasteiger partial charge >= 0.3 is 5.97 Å². The minimum atomic E-state index is -0.818. The Morgan fingerprint density at radius 1 is 1.33 bits per heavy atom. The molecule has 1 aromatic rings. The van der Waals surface area contributed by atoms with Crippen molar-refractivity contribution >= 4 is 5.97 Å². The second-order valence-corrected chi connectivity index (χ2v) is 4.36. The van der Waals surface area contributed by atoms with E-state index in [0.29, 0.717) is 18.5 Å². The highest BCUT2D eigenvalue weighted by molar-refractivity contribution is 5.66. The molecule has 18 heavy (non-hydrogen) atoms. The summed E-state index contributed by atoms with van der Waals surface area (Å²) >= 11 is 0. The van der Waals surface area contributed by atoms with Crippen LogP contribution in [-0.4, -0.2) is 39.8 Å². The van der Waals surface area contributed by atoms with Crippen molar-refractivity contribution in [3.8, 4) is 11.5 Å². The highest BCUT2D eigenvalue weighted by atomic mass is 16.4. The molecule has 5 heteroatoms. The lowest BCUT2D eigenvalue weighted by Crippen LogP contribution is -2.24. The fourth-order valence-electron chi connectivity index (χ4n) is 1.86. The summed E-state index contributed by atoms with van der Waals surface area (Å²) < 4.78 is 0. The molecule has 0 spiro atoms. The number of carboxylic acid groups (broad SMARTS) is 1. The van der Waals surface area contributed by atoms with E-state index in [0.717, 1.165) is 0 Å².